The fraction of sp³-hybridized carbons (Fsp3) is 0.318. The molecule has 4 rings (SSSR count). The van der Waals surface area contributed by atoms with Crippen molar-refractivity contribution in [1.82, 2.24) is 9.88 Å². The van der Waals surface area contributed by atoms with E-state index in [1.165, 1.54) is 0 Å². The van der Waals surface area contributed by atoms with Crippen molar-refractivity contribution in [2.24, 2.45) is 0 Å². The van der Waals surface area contributed by atoms with Crippen molar-refractivity contribution in [3.05, 3.63) is 59.0 Å². The van der Waals surface area contributed by atoms with E-state index in [4.69, 9.17) is 0 Å². The predicted octanol–water partition coefficient (Wildman–Crippen LogP) is 4.05. The van der Waals surface area contributed by atoms with Crippen molar-refractivity contribution in [1.29, 1.82) is 0 Å². The minimum Gasteiger partial charge on any atom is -0.395 e. The molecule has 1 atom stereocenters. The third-order valence-corrected chi connectivity index (χ3v) is 5.45. The number of fused-ring (bicyclic) bond motifs is 1. The van der Waals surface area contributed by atoms with Gasteiger partial charge in [-0.25, -0.2) is 4.39 Å². The van der Waals surface area contributed by atoms with Crippen molar-refractivity contribution in [3.63, 3.8) is 0 Å². The van der Waals surface area contributed by atoms with Gasteiger partial charge in [-0.3, -0.25) is 9.69 Å². The lowest BCUT2D eigenvalue weighted by Crippen LogP contribution is -2.32. The van der Waals surface area contributed by atoms with Gasteiger partial charge < -0.3 is 10.1 Å². The Balaban J connectivity index is 1.70. The van der Waals surface area contributed by atoms with Crippen LogP contribution in [0.3, 0.4) is 0 Å². The molecule has 5 heteroatoms. The van der Waals surface area contributed by atoms with Crippen LogP contribution in [0.15, 0.2) is 36.4 Å². The Morgan fingerprint density at radius 3 is 2.89 bits per heavy atom. The van der Waals surface area contributed by atoms with E-state index in [-0.39, 0.29) is 18.5 Å². The maximum Gasteiger partial charge on any atom is 0.153 e. The number of nitrogens with zero attached hydrogens (tertiary/aromatic N) is 1. The summed E-state index contributed by atoms with van der Waals surface area (Å²) >= 11 is 0. The molecule has 0 bridgehead atoms. The number of benzene rings is 2. The second-order valence-electron chi connectivity index (χ2n) is 7.38. The zero-order valence-corrected chi connectivity index (χ0v) is 15.3. The molecule has 2 heterocycles. The van der Waals surface area contributed by atoms with Crippen LogP contribution >= 0.6 is 0 Å². The van der Waals surface area contributed by atoms with Gasteiger partial charge in [0.2, 0.25) is 0 Å². The molecule has 2 aromatic carbocycles. The summed E-state index contributed by atoms with van der Waals surface area (Å²) in [6, 6.07) is 11.4. The SMILES string of the molecule is Cc1cc(C=O)cc(-c2ccc3[nH]c(CN4CCCC4CO)c(F)c3c2)c1. The van der Waals surface area contributed by atoms with Gasteiger partial charge in [0, 0.05) is 29.1 Å². The Kier molecular flexibility index (Phi) is 4.81. The molecule has 0 aliphatic carbocycles. The topological polar surface area (TPSA) is 56.3 Å². The molecule has 1 saturated heterocycles. The molecule has 140 valence electrons. The van der Waals surface area contributed by atoms with Crippen molar-refractivity contribution in [2.45, 2.75) is 32.4 Å². The van der Waals surface area contributed by atoms with E-state index < -0.39 is 0 Å². The summed E-state index contributed by atoms with van der Waals surface area (Å²) in [4.78, 5) is 16.5. The van der Waals surface area contributed by atoms with Gasteiger partial charge in [0.05, 0.1) is 12.3 Å². The maximum absolute atomic E-state index is 15.1. The number of aromatic nitrogens is 1. The van der Waals surface area contributed by atoms with E-state index in [2.05, 4.69) is 9.88 Å². The molecule has 0 radical (unpaired) electrons. The number of aliphatic hydroxyl groups excluding tert-OH is 1. The lowest BCUT2D eigenvalue weighted by molar-refractivity contribution is 0.112. The number of likely N-dealkylation sites (tertiary alicyclic amines) is 1. The highest BCUT2D eigenvalue weighted by atomic mass is 19.1. The number of hydrogen-bond donors (Lipinski definition) is 2. The average molecular weight is 366 g/mol. The van der Waals surface area contributed by atoms with Crippen LogP contribution in [0.1, 0.15) is 34.5 Å². The molecule has 2 N–H and O–H groups in total. The van der Waals surface area contributed by atoms with Gasteiger partial charge in [-0.15, -0.1) is 0 Å². The average Bonchev–Trinajstić information content (AvgIpc) is 3.25. The van der Waals surface area contributed by atoms with Crippen molar-refractivity contribution in [3.8, 4) is 11.1 Å². The Bertz CT molecular complexity index is 995. The Morgan fingerprint density at radius 2 is 2.11 bits per heavy atom. The number of carbonyl (C=O) groups excluding carboxylic acids is 1. The quantitative estimate of drug-likeness (QED) is 0.670. The maximum atomic E-state index is 15.1. The Labute approximate surface area is 157 Å². The number of aromatic amines is 1. The summed E-state index contributed by atoms with van der Waals surface area (Å²) in [5, 5.41) is 10.0. The molecule has 0 saturated carbocycles. The van der Waals surface area contributed by atoms with Gasteiger partial charge >= 0.3 is 0 Å². The number of aldehydes is 1. The number of rotatable bonds is 5. The predicted molar refractivity (Wildman–Crippen MR) is 104 cm³/mol. The minimum atomic E-state index is -0.237. The van der Waals surface area contributed by atoms with Crippen LogP contribution in [-0.2, 0) is 6.54 Å². The summed E-state index contributed by atoms with van der Waals surface area (Å²) in [7, 11) is 0. The number of H-pyrrole nitrogens is 1. The van der Waals surface area contributed by atoms with Gasteiger partial charge in [-0.2, -0.15) is 0 Å². The Hall–Kier alpha value is -2.50. The summed E-state index contributed by atoms with van der Waals surface area (Å²) in [5.41, 5.74) is 4.71. The smallest absolute Gasteiger partial charge is 0.153 e. The Morgan fingerprint density at radius 1 is 1.26 bits per heavy atom. The number of nitrogens with one attached hydrogen (secondary N) is 1. The molecule has 27 heavy (non-hydrogen) atoms. The molecule has 1 aromatic heterocycles. The van der Waals surface area contributed by atoms with E-state index in [9.17, 15) is 9.90 Å². The van der Waals surface area contributed by atoms with E-state index >= 15 is 4.39 Å². The zero-order valence-electron chi connectivity index (χ0n) is 15.3. The van der Waals surface area contributed by atoms with Crippen LogP contribution in [0.25, 0.3) is 22.0 Å². The molecule has 1 aliphatic rings. The van der Waals surface area contributed by atoms with Gasteiger partial charge in [0.1, 0.15) is 6.29 Å². The van der Waals surface area contributed by atoms with Crippen molar-refractivity contribution < 1.29 is 14.3 Å². The number of hydrogen-bond acceptors (Lipinski definition) is 3. The number of aliphatic hydroxyl groups is 1. The molecule has 3 aromatic rings. The van der Waals surface area contributed by atoms with E-state index in [1.54, 1.807) is 0 Å². The highest BCUT2D eigenvalue weighted by Gasteiger charge is 2.25. The van der Waals surface area contributed by atoms with Crippen LogP contribution in [0.5, 0.6) is 0 Å². The van der Waals surface area contributed by atoms with E-state index in [1.807, 2.05) is 43.3 Å². The molecule has 4 nitrogen and oxygen atoms in total. The second kappa shape index (κ2) is 7.25. The largest absolute Gasteiger partial charge is 0.395 e. The first-order valence-corrected chi connectivity index (χ1v) is 9.31. The fourth-order valence-electron chi connectivity index (χ4n) is 4.06. The van der Waals surface area contributed by atoms with Gasteiger partial charge in [-0.1, -0.05) is 12.1 Å². The first kappa shape index (κ1) is 17.9. The standard InChI is InChI=1S/C22H23FN2O2/c1-14-7-15(12-26)9-17(8-14)16-4-5-20-19(10-16)22(23)21(24-20)11-25-6-2-3-18(25)13-27/h4-5,7-10,12,18,24,27H,2-3,6,11,13H2,1H3. The third-order valence-electron chi connectivity index (χ3n) is 5.45. The minimum absolute atomic E-state index is 0.110. The monoisotopic (exact) mass is 366 g/mol. The molecule has 0 spiro atoms. The lowest BCUT2D eigenvalue weighted by atomic mass is 9.99. The highest BCUT2D eigenvalue weighted by molar-refractivity contribution is 5.88. The normalized spacial score (nSPS) is 17.7. The zero-order chi connectivity index (χ0) is 19.0. The molecular weight excluding hydrogens is 343 g/mol. The molecule has 1 unspecified atom stereocenters. The lowest BCUT2D eigenvalue weighted by Gasteiger charge is -2.21. The van der Waals surface area contributed by atoms with Gasteiger partial charge in [-0.05, 0) is 67.3 Å². The van der Waals surface area contributed by atoms with Gasteiger partial charge in [0.15, 0.2) is 5.82 Å². The van der Waals surface area contributed by atoms with Crippen molar-refractivity contribution in [2.75, 3.05) is 13.2 Å². The van der Waals surface area contributed by atoms with E-state index in [0.717, 1.165) is 47.9 Å². The van der Waals surface area contributed by atoms with Crippen molar-refractivity contribution >= 4 is 17.2 Å². The number of carbonyl (C=O) groups is 1. The first-order chi connectivity index (χ1) is 13.1. The van der Waals surface area contributed by atoms with Crippen LogP contribution in [-0.4, -0.2) is 40.5 Å². The molecule has 0 amide bonds. The highest BCUT2D eigenvalue weighted by Crippen LogP contribution is 2.30. The summed E-state index contributed by atoms with van der Waals surface area (Å²) in [6.45, 7) is 3.40. The van der Waals surface area contributed by atoms with Crippen LogP contribution in [0.2, 0.25) is 0 Å². The first-order valence-electron chi connectivity index (χ1n) is 9.31. The molecule has 1 aliphatic heterocycles. The third kappa shape index (κ3) is 3.40. The van der Waals surface area contributed by atoms with Crippen LogP contribution in [0, 0.1) is 12.7 Å². The van der Waals surface area contributed by atoms with E-state index in [0.29, 0.717) is 23.2 Å². The van der Waals surface area contributed by atoms with Crippen LogP contribution in [0.4, 0.5) is 4.39 Å². The summed E-state index contributed by atoms with van der Waals surface area (Å²) < 4.78 is 15.1. The second-order valence-corrected chi connectivity index (χ2v) is 7.38. The summed E-state index contributed by atoms with van der Waals surface area (Å²) in [5.74, 6) is -0.237. The molecular formula is C22H23FN2O2. The summed E-state index contributed by atoms with van der Waals surface area (Å²) in [6.07, 6.45) is 2.82. The number of halogens is 1. The molecule has 1 fully saturated rings. The van der Waals surface area contributed by atoms with Gasteiger partial charge in [0.25, 0.3) is 0 Å². The van der Waals surface area contributed by atoms with Crippen LogP contribution < -0.4 is 0 Å². The fourth-order valence-corrected chi connectivity index (χ4v) is 4.06. The number of aryl methyl sites for hydroxylation is 1.